The van der Waals surface area contributed by atoms with Gasteiger partial charge in [-0.2, -0.15) is 5.26 Å². The number of Topliss-reactive ketones (excluding diaryl/α,β-unsaturated/α-hetero) is 1. The molecule has 0 spiro atoms. The first-order valence-electron chi connectivity index (χ1n) is 8.30. The van der Waals surface area contributed by atoms with Crippen molar-refractivity contribution in [1.29, 1.82) is 5.26 Å². The van der Waals surface area contributed by atoms with Crippen LogP contribution in [0.25, 0.3) is 0 Å². The maximum atomic E-state index is 12.5. The van der Waals surface area contributed by atoms with Crippen molar-refractivity contribution in [2.75, 3.05) is 6.61 Å². The summed E-state index contributed by atoms with van der Waals surface area (Å²) in [5, 5.41) is 9.24. The van der Waals surface area contributed by atoms with Gasteiger partial charge in [-0.3, -0.25) is 4.79 Å². The fourth-order valence-electron chi connectivity index (χ4n) is 2.88. The minimum Gasteiger partial charge on any atom is -0.348 e. The fraction of sp³-hybridized carbons (Fsp3) is 0.579. The standard InChI is InChI=1S/C19H25NO3/c1-4-5-10-16(21)19(2,3)17-11-12-22-18(23-17)15-9-7-6-8-14(15)13-20/h6-9,17-18H,4-5,10-12H2,1-3H3/t17-,18?/m0/s1. The number of ketones is 1. The zero-order valence-corrected chi connectivity index (χ0v) is 14.2. The second kappa shape index (κ2) is 7.72. The number of benzene rings is 1. The van der Waals surface area contributed by atoms with Crippen molar-refractivity contribution < 1.29 is 14.3 Å². The lowest BCUT2D eigenvalue weighted by Gasteiger charge is -2.39. The van der Waals surface area contributed by atoms with E-state index < -0.39 is 11.7 Å². The van der Waals surface area contributed by atoms with Gasteiger partial charge in [-0.1, -0.05) is 45.4 Å². The van der Waals surface area contributed by atoms with Crippen LogP contribution in [0, 0.1) is 16.7 Å². The van der Waals surface area contributed by atoms with E-state index in [4.69, 9.17) is 9.47 Å². The second-order valence-corrected chi connectivity index (χ2v) is 6.56. The number of nitriles is 1. The van der Waals surface area contributed by atoms with Crippen molar-refractivity contribution in [1.82, 2.24) is 0 Å². The summed E-state index contributed by atoms with van der Waals surface area (Å²) in [7, 11) is 0. The first-order chi connectivity index (χ1) is 11.0. The van der Waals surface area contributed by atoms with Crippen LogP contribution >= 0.6 is 0 Å². The molecule has 1 unspecified atom stereocenters. The molecule has 0 bridgehead atoms. The highest BCUT2D eigenvalue weighted by Crippen LogP contribution is 2.37. The molecular weight excluding hydrogens is 290 g/mol. The lowest BCUT2D eigenvalue weighted by atomic mass is 9.78. The van der Waals surface area contributed by atoms with Gasteiger partial charge >= 0.3 is 0 Å². The molecule has 124 valence electrons. The SMILES string of the molecule is CCCCC(=O)C(C)(C)[C@@H]1CCOC(c2ccccc2C#N)O1. The number of unbranched alkanes of at least 4 members (excludes halogenated alkanes) is 1. The molecule has 2 rings (SSSR count). The monoisotopic (exact) mass is 315 g/mol. The zero-order valence-electron chi connectivity index (χ0n) is 14.2. The van der Waals surface area contributed by atoms with Gasteiger partial charge in [0.1, 0.15) is 5.78 Å². The third-order valence-corrected chi connectivity index (χ3v) is 4.55. The van der Waals surface area contributed by atoms with Crippen LogP contribution in [0.15, 0.2) is 24.3 Å². The maximum Gasteiger partial charge on any atom is 0.185 e. The summed E-state index contributed by atoms with van der Waals surface area (Å²) >= 11 is 0. The Morgan fingerprint density at radius 2 is 2.13 bits per heavy atom. The molecule has 0 aromatic heterocycles. The second-order valence-electron chi connectivity index (χ2n) is 6.56. The molecule has 1 aliphatic rings. The van der Waals surface area contributed by atoms with Crippen LogP contribution in [0.1, 0.15) is 63.9 Å². The molecule has 1 aromatic rings. The number of hydrogen-bond acceptors (Lipinski definition) is 4. The summed E-state index contributed by atoms with van der Waals surface area (Å²) in [4.78, 5) is 12.5. The number of ether oxygens (including phenoxy) is 2. The van der Waals surface area contributed by atoms with Gasteiger partial charge in [0, 0.05) is 17.4 Å². The molecular formula is C19H25NO3. The molecule has 0 N–H and O–H groups in total. The van der Waals surface area contributed by atoms with Crippen LogP contribution in [0.3, 0.4) is 0 Å². The predicted octanol–water partition coefficient (Wildman–Crippen LogP) is 4.15. The van der Waals surface area contributed by atoms with Crippen LogP contribution in [-0.2, 0) is 14.3 Å². The molecule has 23 heavy (non-hydrogen) atoms. The molecule has 0 aliphatic carbocycles. The first kappa shape index (κ1) is 17.7. The number of nitrogens with zero attached hydrogens (tertiary/aromatic N) is 1. The highest BCUT2D eigenvalue weighted by atomic mass is 16.7. The zero-order chi connectivity index (χ0) is 16.9. The van der Waals surface area contributed by atoms with Gasteiger partial charge in [0.15, 0.2) is 6.29 Å². The molecule has 0 amide bonds. The Labute approximate surface area is 138 Å². The lowest BCUT2D eigenvalue weighted by molar-refractivity contribution is -0.238. The topological polar surface area (TPSA) is 59.3 Å². The van der Waals surface area contributed by atoms with Crippen molar-refractivity contribution in [3.8, 4) is 6.07 Å². The fourth-order valence-corrected chi connectivity index (χ4v) is 2.88. The summed E-state index contributed by atoms with van der Waals surface area (Å²) in [6, 6.07) is 9.45. The molecule has 0 radical (unpaired) electrons. The Morgan fingerprint density at radius 3 is 2.83 bits per heavy atom. The van der Waals surface area contributed by atoms with E-state index in [9.17, 15) is 10.1 Å². The number of carbonyl (C=O) groups excluding carboxylic acids is 1. The van der Waals surface area contributed by atoms with Gasteiger partial charge in [-0.25, -0.2) is 0 Å². The molecule has 0 saturated carbocycles. The first-order valence-corrected chi connectivity index (χ1v) is 8.30. The summed E-state index contributed by atoms with van der Waals surface area (Å²) in [5.74, 6) is 0.235. The van der Waals surface area contributed by atoms with E-state index >= 15 is 0 Å². The van der Waals surface area contributed by atoms with Gasteiger partial charge < -0.3 is 9.47 Å². The quantitative estimate of drug-likeness (QED) is 0.791. The number of carbonyl (C=O) groups is 1. The Balaban J connectivity index is 2.14. The molecule has 1 saturated heterocycles. The van der Waals surface area contributed by atoms with Gasteiger partial charge in [0.05, 0.1) is 24.3 Å². The van der Waals surface area contributed by atoms with Crippen LogP contribution in [0.4, 0.5) is 0 Å². The summed E-state index contributed by atoms with van der Waals surface area (Å²) < 4.78 is 11.8. The minimum atomic E-state index is -0.581. The van der Waals surface area contributed by atoms with E-state index in [1.54, 1.807) is 6.07 Å². The predicted molar refractivity (Wildman–Crippen MR) is 87.7 cm³/mol. The lowest BCUT2D eigenvalue weighted by Crippen LogP contribution is -2.43. The van der Waals surface area contributed by atoms with Crippen molar-refractivity contribution in [2.24, 2.45) is 5.41 Å². The number of rotatable bonds is 6. The van der Waals surface area contributed by atoms with Crippen molar-refractivity contribution in [3.63, 3.8) is 0 Å². The smallest absolute Gasteiger partial charge is 0.185 e. The molecule has 2 atom stereocenters. The Morgan fingerprint density at radius 1 is 1.39 bits per heavy atom. The highest BCUT2D eigenvalue weighted by Gasteiger charge is 2.40. The highest BCUT2D eigenvalue weighted by molar-refractivity contribution is 5.84. The molecule has 4 nitrogen and oxygen atoms in total. The van der Waals surface area contributed by atoms with Gasteiger partial charge in [-0.05, 0) is 18.9 Å². The third kappa shape index (κ3) is 3.99. The van der Waals surface area contributed by atoms with E-state index in [0.29, 0.717) is 25.0 Å². The van der Waals surface area contributed by atoms with Crippen LogP contribution < -0.4 is 0 Å². The Bertz CT molecular complexity index is 589. The average Bonchev–Trinajstić information content (AvgIpc) is 2.59. The van der Waals surface area contributed by atoms with Crippen LogP contribution in [-0.4, -0.2) is 18.5 Å². The molecule has 1 aromatic carbocycles. The molecule has 1 fully saturated rings. The van der Waals surface area contributed by atoms with Gasteiger partial charge in [0.25, 0.3) is 0 Å². The van der Waals surface area contributed by atoms with Gasteiger partial charge in [0.2, 0.25) is 0 Å². The third-order valence-electron chi connectivity index (χ3n) is 4.55. The normalized spacial score (nSPS) is 21.7. The molecule has 4 heteroatoms. The van der Waals surface area contributed by atoms with E-state index in [-0.39, 0.29) is 11.9 Å². The summed E-state index contributed by atoms with van der Waals surface area (Å²) in [6.07, 6.45) is 2.42. The van der Waals surface area contributed by atoms with Crippen LogP contribution in [0.2, 0.25) is 0 Å². The largest absolute Gasteiger partial charge is 0.348 e. The summed E-state index contributed by atoms with van der Waals surface area (Å²) in [6.45, 7) is 6.52. The van der Waals surface area contributed by atoms with E-state index in [2.05, 4.69) is 13.0 Å². The van der Waals surface area contributed by atoms with E-state index in [0.717, 1.165) is 18.4 Å². The number of hydrogen-bond donors (Lipinski definition) is 0. The molecule has 1 heterocycles. The Kier molecular flexibility index (Phi) is 5.92. The van der Waals surface area contributed by atoms with E-state index in [1.165, 1.54) is 0 Å². The van der Waals surface area contributed by atoms with E-state index in [1.807, 2.05) is 32.0 Å². The van der Waals surface area contributed by atoms with Crippen molar-refractivity contribution >= 4 is 5.78 Å². The Hall–Kier alpha value is -1.70. The minimum absolute atomic E-state index is 0.197. The van der Waals surface area contributed by atoms with Crippen molar-refractivity contribution in [3.05, 3.63) is 35.4 Å². The van der Waals surface area contributed by atoms with Gasteiger partial charge in [-0.15, -0.1) is 0 Å². The maximum absolute atomic E-state index is 12.5. The average molecular weight is 315 g/mol. The molecule has 1 aliphatic heterocycles. The van der Waals surface area contributed by atoms with Crippen LogP contribution in [0.5, 0.6) is 0 Å². The van der Waals surface area contributed by atoms with Crippen molar-refractivity contribution in [2.45, 2.75) is 58.8 Å². The summed E-state index contributed by atoms with van der Waals surface area (Å²) in [5.41, 5.74) is 0.739.